The molecule has 13 heavy (non-hydrogen) atoms. The molecule has 0 amide bonds. The molecule has 68 valence electrons. The first kappa shape index (κ1) is 8.08. The van der Waals surface area contributed by atoms with Crippen molar-refractivity contribution in [2.45, 2.75) is 5.16 Å². The molecular weight excluding hydrogens is 194 g/mol. The fourth-order valence-corrected chi connectivity index (χ4v) is 1.27. The topological polar surface area (TPSA) is 115 Å². The summed E-state index contributed by atoms with van der Waals surface area (Å²) in [5, 5.41) is 4.40. The average Bonchev–Trinajstić information content (AvgIpc) is 2.47. The van der Waals surface area contributed by atoms with Crippen LogP contribution in [-0.2, 0) is 10.0 Å². The highest BCUT2D eigenvalue weighted by molar-refractivity contribution is 7.89. The number of nitrogens with zero attached hydrogens (tertiary/aromatic N) is 3. The molecule has 0 spiro atoms. The van der Waals surface area contributed by atoms with Gasteiger partial charge in [-0.25, -0.2) is 23.5 Å². The SMILES string of the molecule is NS(=O)(=O)c1ncc2[nH]cnc2n1. The molecule has 3 N–H and O–H groups in total. The third-order valence-corrected chi connectivity index (χ3v) is 2.11. The molecule has 2 aromatic heterocycles. The fourth-order valence-electron chi connectivity index (χ4n) is 0.857. The molecule has 0 aromatic carbocycles. The lowest BCUT2D eigenvalue weighted by Crippen LogP contribution is -2.15. The first-order valence-corrected chi connectivity index (χ1v) is 4.81. The number of fused-ring (bicyclic) bond motifs is 1. The van der Waals surface area contributed by atoms with Crippen LogP contribution in [0.15, 0.2) is 17.7 Å². The van der Waals surface area contributed by atoms with Gasteiger partial charge in [-0.3, -0.25) is 0 Å². The van der Waals surface area contributed by atoms with E-state index < -0.39 is 15.2 Å². The zero-order chi connectivity index (χ0) is 9.47. The van der Waals surface area contributed by atoms with E-state index in [9.17, 15) is 8.42 Å². The van der Waals surface area contributed by atoms with Gasteiger partial charge in [-0.05, 0) is 0 Å². The van der Waals surface area contributed by atoms with Gasteiger partial charge in [0.05, 0.1) is 12.5 Å². The molecule has 2 rings (SSSR count). The second-order valence-electron chi connectivity index (χ2n) is 2.34. The van der Waals surface area contributed by atoms with Crippen molar-refractivity contribution < 1.29 is 8.42 Å². The van der Waals surface area contributed by atoms with E-state index >= 15 is 0 Å². The maximum absolute atomic E-state index is 10.8. The van der Waals surface area contributed by atoms with Gasteiger partial charge in [0.1, 0.15) is 5.52 Å². The molecule has 0 aliphatic heterocycles. The number of aromatic amines is 1. The lowest BCUT2D eigenvalue weighted by atomic mass is 10.6. The summed E-state index contributed by atoms with van der Waals surface area (Å²) in [4.78, 5) is 13.7. The van der Waals surface area contributed by atoms with Gasteiger partial charge in [-0.15, -0.1) is 0 Å². The van der Waals surface area contributed by atoms with E-state index in [4.69, 9.17) is 5.14 Å². The van der Waals surface area contributed by atoms with Crippen LogP contribution in [0.1, 0.15) is 0 Å². The van der Waals surface area contributed by atoms with Gasteiger partial charge in [0.15, 0.2) is 5.65 Å². The van der Waals surface area contributed by atoms with Crippen molar-refractivity contribution in [3.8, 4) is 0 Å². The van der Waals surface area contributed by atoms with Gasteiger partial charge in [-0.1, -0.05) is 0 Å². The molecule has 7 nitrogen and oxygen atoms in total. The number of nitrogens with one attached hydrogen (secondary N) is 1. The van der Waals surface area contributed by atoms with Crippen LogP contribution in [0, 0.1) is 0 Å². The van der Waals surface area contributed by atoms with Gasteiger partial charge in [0.25, 0.3) is 15.2 Å². The summed E-state index contributed by atoms with van der Waals surface area (Å²) in [6.45, 7) is 0. The number of hydrogen-bond acceptors (Lipinski definition) is 5. The normalized spacial score (nSPS) is 12.1. The van der Waals surface area contributed by atoms with Crippen molar-refractivity contribution in [2.24, 2.45) is 5.14 Å². The molecule has 0 atom stereocenters. The number of H-pyrrole nitrogens is 1. The third kappa shape index (κ3) is 1.36. The number of primary sulfonamides is 1. The van der Waals surface area contributed by atoms with E-state index in [-0.39, 0.29) is 5.65 Å². The molecule has 0 unspecified atom stereocenters. The standard InChI is InChI=1S/C5H5N5O2S/c6-13(11,12)5-7-1-3-4(10-5)9-2-8-3/h1-2H,(H2,6,11,12)(H,7,8,9,10). The summed E-state index contributed by atoms with van der Waals surface area (Å²) in [6.07, 6.45) is 2.71. The summed E-state index contributed by atoms with van der Waals surface area (Å²) in [5.74, 6) is 0. The summed E-state index contributed by atoms with van der Waals surface area (Å²) in [6, 6.07) is 0. The van der Waals surface area contributed by atoms with Crippen LogP contribution in [0.4, 0.5) is 0 Å². The third-order valence-electron chi connectivity index (χ3n) is 1.41. The number of aromatic nitrogens is 4. The van der Waals surface area contributed by atoms with Crippen LogP contribution in [0.2, 0.25) is 0 Å². The van der Waals surface area contributed by atoms with Crippen molar-refractivity contribution in [3.63, 3.8) is 0 Å². The zero-order valence-electron chi connectivity index (χ0n) is 6.30. The molecular formula is C5H5N5O2S. The summed E-state index contributed by atoms with van der Waals surface area (Å²) >= 11 is 0. The fraction of sp³-hybridized carbons (Fsp3) is 0. The lowest BCUT2D eigenvalue weighted by molar-refractivity contribution is 0.589. The van der Waals surface area contributed by atoms with Crippen molar-refractivity contribution in [2.75, 3.05) is 0 Å². The molecule has 8 heteroatoms. The van der Waals surface area contributed by atoms with Gasteiger partial charge in [0.2, 0.25) is 0 Å². The largest absolute Gasteiger partial charge is 0.342 e. The van der Waals surface area contributed by atoms with Crippen molar-refractivity contribution >= 4 is 21.2 Å². The minimum atomic E-state index is -3.85. The molecule has 0 bridgehead atoms. The zero-order valence-corrected chi connectivity index (χ0v) is 7.11. The number of hydrogen-bond donors (Lipinski definition) is 2. The van der Waals surface area contributed by atoms with Crippen LogP contribution >= 0.6 is 0 Å². The Hall–Kier alpha value is -1.54. The Balaban J connectivity index is 2.75. The Labute approximate surface area is 73.1 Å². The van der Waals surface area contributed by atoms with Crippen molar-refractivity contribution in [1.29, 1.82) is 0 Å². The molecule has 2 aromatic rings. The van der Waals surface area contributed by atoms with Gasteiger partial charge >= 0.3 is 0 Å². The predicted octanol–water partition coefficient (Wildman–Crippen LogP) is -1.000. The molecule has 0 fully saturated rings. The monoisotopic (exact) mass is 199 g/mol. The highest BCUT2D eigenvalue weighted by atomic mass is 32.2. The van der Waals surface area contributed by atoms with E-state index in [2.05, 4.69) is 19.9 Å². The van der Waals surface area contributed by atoms with Gasteiger partial charge in [-0.2, -0.15) is 4.98 Å². The minimum absolute atomic E-state index is 0.277. The van der Waals surface area contributed by atoms with Crippen molar-refractivity contribution in [1.82, 2.24) is 19.9 Å². The highest BCUT2D eigenvalue weighted by Crippen LogP contribution is 2.05. The summed E-state index contributed by atoms with van der Waals surface area (Å²) in [7, 11) is -3.85. The number of rotatable bonds is 1. The Morgan fingerprint density at radius 1 is 1.38 bits per heavy atom. The Morgan fingerprint density at radius 2 is 2.15 bits per heavy atom. The number of sulfonamides is 1. The molecule has 0 saturated heterocycles. The summed E-state index contributed by atoms with van der Waals surface area (Å²) in [5.41, 5.74) is 0.839. The summed E-state index contributed by atoms with van der Waals surface area (Å²) < 4.78 is 21.6. The highest BCUT2D eigenvalue weighted by Gasteiger charge is 2.12. The van der Waals surface area contributed by atoms with Crippen molar-refractivity contribution in [3.05, 3.63) is 12.5 Å². The van der Waals surface area contributed by atoms with Crippen LogP contribution in [0.3, 0.4) is 0 Å². The molecule has 0 aliphatic carbocycles. The average molecular weight is 199 g/mol. The quantitative estimate of drug-likeness (QED) is 0.571. The second-order valence-corrected chi connectivity index (χ2v) is 3.79. The smallest absolute Gasteiger partial charge is 0.273 e. The van der Waals surface area contributed by atoms with E-state index in [1.807, 2.05) is 0 Å². The van der Waals surface area contributed by atoms with Crippen LogP contribution in [0.25, 0.3) is 11.2 Å². The van der Waals surface area contributed by atoms with Gasteiger partial charge < -0.3 is 4.98 Å². The maximum atomic E-state index is 10.8. The van der Waals surface area contributed by atoms with Gasteiger partial charge in [0, 0.05) is 0 Å². The number of imidazole rings is 1. The Bertz CT molecular complexity index is 545. The minimum Gasteiger partial charge on any atom is -0.342 e. The first-order valence-electron chi connectivity index (χ1n) is 3.26. The predicted molar refractivity (Wildman–Crippen MR) is 43.1 cm³/mol. The lowest BCUT2D eigenvalue weighted by Gasteiger charge is -1.93. The Morgan fingerprint density at radius 3 is 2.85 bits per heavy atom. The maximum Gasteiger partial charge on any atom is 0.273 e. The van der Waals surface area contributed by atoms with Crippen LogP contribution < -0.4 is 5.14 Å². The van der Waals surface area contributed by atoms with E-state index in [1.165, 1.54) is 12.5 Å². The molecule has 2 heterocycles. The Kier molecular flexibility index (Phi) is 1.54. The van der Waals surface area contributed by atoms with Crippen LogP contribution in [0.5, 0.6) is 0 Å². The van der Waals surface area contributed by atoms with Crippen LogP contribution in [-0.4, -0.2) is 28.4 Å². The molecule has 0 saturated carbocycles. The van der Waals surface area contributed by atoms with E-state index in [0.717, 1.165) is 0 Å². The first-order chi connectivity index (χ1) is 6.07. The number of nitrogens with two attached hydrogens (primary N) is 1. The molecule has 0 aliphatic rings. The second kappa shape index (κ2) is 2.47. The van der Waals surface area contributed by atoms with E-state index in [0.29, 0.717) is 5.52 Å². The van der Waals surface area contributed by atoms with E-state index in [1.54, 1.807) is 0 Å². The molecule has 0 radical (unpaired) electrons.